The molecule has 0 atom stereocenters. The molecule has 1 aromatic carbocycles. The lowest BCUT2D eigenvalue weighted by atomic mass is 10.1. The van der Waals surface area contributed by atoms with Crippen LogP contribution in [-0.4, -0.2) is 30.1 Å². The van der Waals surface area contributed by atoms with Crippen molar-refractivity contribution in [2.45, 2.75) is 33.8 Å². The first-order valence-electron chi connectivity index (χ1n) is 8.16. The van der Waals surface area contributed by atoms with E-state index in [4.69, 9.17) is 9.26 Å². The van der Waals surface area contributed by atoms with Crippen LogP contribution in [-0.2, 0) is 22.6 Å². The van der Waals surface area contributed by atoms with Crippen molar-refractivity contribution in [2.75, 3.05) is 13.1 Å². The van der Waals surface area contributed by atoms with Gasteiger partial charge in [0.2, 0.25) is 11.8 Å². The van der Waals surface area contributed by atoms with Gasteiger partial charge in [-0.2, -0.15) is 0 Å². The Labute approximate surface area is 146 Å². The monoisotopic (exact) mass is 345 g/mol. The number of hydrogen-bond acceptors (Lipinski definition) is 5. The Morgan fingerprint density at radius 2 is 1.84 bits per heavy atom. The van der Waals surface area contributed by atoms with E-state index in [1.54, 1.807) is 0 Å². The number of aryl methyl sites for hydroxylation is 2. The fraction of sp³-hybridized carbons (Fsp3) is 0.389. The quantitative estimate of drug-likeness (QED) is 0.759. The molecule has 134 valence electrons. The molecule has 2 rings (SSSR count). The van der Waals surface area contributed by atoms with Crippen LogP contribution in [0, 0.1) is 13.8 Å². The Hall–Kier alpha value is -2.83. The summed E-state index contributed by atoms with van der Waals surface area (Å²) < 4.78 is 10.8. The van der Waals surface area contributed by atoms with Gasteiger partial charge in [0.1, 0.15) is 18.1 Å². The smallest absolute Gasteiger partial charge is 0.239 e. The summed E-state index contributed by atoms with van der Waals surface area (Å²) in [5.74, 6) is 1.05. The van der Waals surface area contributed by atoms with Crippen molar-refractivity contribution in [1.29, 1.82) is 0 Å². The maximum Gasteiger partial charge on any atom is 0.239 e. The molecule has 2 N–H and O–H groups in total. The van der Waals surface area contributed by atoms with Crippen molar-refractivity contribution in [1.82, 2.24) is 15.8 Å². The summed E-state index contributed by atoms with van der Waals surface area (Å²) in [7, 11) is 0. The molecule has 0 saturated carbocycles. The Balaban J connectivity index is 1.81. The molecule has 2 aromatic rings. The summed E-state index contributed by atoms with van der Waals surface area (Å²) in [6.45, 7) is 6.47. The van der Waals surface area contributed by atoms with E-state index >= 15 is 0 Å². The van der Waals surface area contributed by atoms with Crippen LogP contribution in [0.15, 0.2) is 28.8 Å². The van der Waals surface area contributed by atoms with E-state index in [0.29, 0.717) is 18.9 Å². The number of hydrogen-bond donors (Lipinski definition) is 2. The molecule has 0 unspecified atom stereocenters. The highest BCUT2D eigenvalue weighted by atomic mass is 16.5. The summed E-state index contributed by atoms with van der Waals surface area (Å²) in [5, 5.41) is 9.10. The van der Waals surface area contributed by atoms with Gasteiger partial charge < -0.3 is 19.9 Å². The molecule has 0 aliphatic carbocycles. The van der Waals surface area contributed by atoms with Crippen molar-refractivity contribution in [3.63, 3.8) is 0 Å². The molecule has 0 saturated heterocycles. The molecule has 0 bridgehead atoms. The Morgan fingerprint density at radius 1 is 1.12 bits per heavy atom. The number of carbonyl (C=O) groups excluding carboxylic acids is 2. The normalized spacial score (nSPS) is 10.4. The van der Waals surface area contributed by atoms with Crippen LogP contribution in [0.3, 0.4) is 0 Å². The molecular formula is C18H23N3O4. The third-order valence-electron chi connectivity index (χ3n) is 3.67. The van der Waals surface area contributed by atoms with E-state index in [2.05, 4.69) is 15.8 Å². The van der Waals surface area contributed by atoms with Gasteiger partial charge in [-0.15, -0.1) is 0 Å². The largest absolute Gasteiger partial charge is 0.489 e. The lowest BCUT2D eigenvalue weighted by Crippen LogP contribution is -2.37. The Morgan fingerprint density at radius 3 is 2.44 bits per heavy atom. The predicted molar refractivity (Wildman–Crippen MR) is 92.1 cm³/mol. The number of carbonyl (C=O) groups is 2. The summed E-state index contributed by atoms with van der Waals surface area (Å²) in [6, 6.07) is 7.28. The zero-order valence-electron chi connectivity index (χ0n) is 14.7. The number of rotatable bonds is 8. The van der Waals surface area contributed by atoms with Gasteiger partial charge >= 0.3 is 0 Å². The summed E-state index contributed by atoms with van der Waals surface area (Å²) in [5.41, 5.74) is 2.60. The maximum absolute atomic E-state index is 11.8. The summed E-state index contributed by atoms with van der Waals surface area (Å²) >= 11 is 0. The molecule has 0 aliphatic heterocycles. The second kappa shape index (κ2) is 8.86. The molecule has 1 aromatic heterocycles. The number of nitrogens with zero attached hydrogens (tertiary/aromatic N) is 1. The minimum atomic E-state index is -0.198. The highest BCUT2D eigenvalue weighted by Gasteiger charge is 2.10. The molecule has 25 heavy (non-hydrogen) atoms. The van der Waals surface area contributed by atoms with Crippen LogP contribution >= 0.6 is 0 Å². The number of amides is 2. The van der Waals surface area contributed by atoms with Crippen LogP contribution in [0.5, 0.6) is 5.75 Å². The van der Waals surface area contributed by atoms with Gasteiger partial charge in [0.15, 0.2) is 0 Å². The molecule has 0 spiro atoms. The van der Waals surface area contributed by atoms with Crippen molar-refractivity contribution in [2.24, 2.45) is 0 Å². The van der Waals surface area contributed by atoms with Gasteiger partial charge in [-0.3, -0.25) is 9.59 Å². The minimum Gasteiger partial charge on any atom is -0.489 e. The summed E-state index contributed by atoms with van der Waals surface area (Å²) in [6.07, 6.45) is 0.212. The van der Waals surface area contributed by atoms with Gasteiger partial charge in [0.25, 0.3) is 0 Å². The first-order chi connectivity index (χ1) is 12.0. The summed E-state index contributed by atoms with van der Waals surface area (Å²) in [4.78, 5) is 23.1. The molecular weight excluding hydrogens is 322 g/mol. The van der Waals surface area contributed by atoms with Crippen molar-refractivity contribution in [3.8, 4) is 5.75 Å². The van der Waals surface area contributed by atoms with Crippen LogP contribution in [0.1, 0.15) is 29.5 Å². The van der Waals surface area contributed by atoms with Crippen LogP contribution in [0.4, 0.5) is 0 Å². The van der Waals surface area contributed by atoms with Crippen molar-refractivity contribution < 1.29 is 18.8 Å². The maximum atomic E-state index is 11.8. The van der Waals surface area contributed by atoms with E-state index in [0.717, 1.165) is 22.6 Å². The van der Waals surface area contributed by atoms with Crippen LogP contribution in [0.25, 0.3) is 0 Å². The van der Waals surface area contributed by atoms with Gasteiger partial charge in [-0.1, -0.05) is 17.3 Å². The number of likely N-dealkylation sites (N-methyl/N-ethyl adjacent to an activating group) is 1. The Kier molecular flexibility index (Phi) is 6.56. The third-order valence-corrected chi connectivity index (χ3v) is 3.67. The van der Waals surface area contributed by atoms with Crippen LogP contribution in [0.2, 0.25) is 0 Å². The first-order valence-corrected chi connectivity index (χ1v) is 8.16. The van der Waals surface area contributed by atoms with Gasteiger partial charge in [-0.25, -0.2) is 0 Å². The second-order valence-corrected chi connectivity index (χ2v) is 5.64. The topological polar surface area (TPSA) is 93.5 Å². The molecule has 7 heteroatoms. The molecule has 0 radical (unpaired) electrons. The Bertz CT molecular complexity index is 703. The molecule has 7 nitrogen and oxygen atoms in total. The number of benzene rings is 1. The van der Waals surface area contributed by atoms with Gasteiger partial charge in [0, 0.05) is 6.54 Å². The van der Waals surface area contributed by atoms with Gasteiger partial charge in [-0.05, 0) is 38.5 Å². The number of nitrogens with one attached hydrogen (secondary N) is 2. The SMILES string of the molecule is CCNC(=O)CNC(=O)Cc1ccc(OCc2c(C)noc2C)cc1. The third kappa shape index (κ3) is 5.63. The van der Waals surface area contributed by atoms with Gasteiger partial charge in [0.05, 0.1) is 24.2 Å². The van der Waals surface area contributed by atoms with Crippen molar-refractivity contribution in [3.05, 3.63) is 46.8 Å². The van der Waals surface area contributed by atoms with E-state index in [1.165, 1.54) is 0 Å². The lowest BCUT2D eigenvalue weighted by Gasteiger charge is -2.08. The molecule has 0 aliphatic rings. The fourth-order valence-corrected chi connectivity index (χ4v) is 2.25. The fourth-order valence-electron chi connectivity index (χ4n) is 2.25. The standard InChI is InChI=1S/C18H23N3O4/c1-4-19-18(23)10-20-17(22)9-14-5-7-15(8-6-14)24-11-16-12(2)21-25-13(16)3/h5-8H,4,9-11H2,1-3H3,(H,19,23)(H,20,22). The second-order valence-electron chi connectivity index (χ2n) is 5.64. The highest BCUT2D eigenvalue weighted by Crippen LogP contribution is 2.18. The average molecular weight is 345 g/mol. The number of aromatic nitrogens is 1. The first kappa shape index (κ1) is 18.5. The van der Waals surface area contributed by atoms with Crippen LogP contribution < -0.4 is 15.4 Å². The average Bonchev–Trinajstić information content (AvgIpc) is 2.91. The predicted octanol–water partition coefficient (Wildman–Crippen LogP) is 1.67. The van der Waals surface area contributed by atoms with E-state index in [1.807, 2.05) is 45.0 Å². The zero-order valence-corrected chi connectivity index (χ0v) is 14.7. The molecule has 0 fully saturated rings. The zero-order chi connectivity index (χ0) is 18.2. The van der Waals surface area contributed by atoms with Crippen molar-refractivity contribution >= 4 is 11.8 Å². The molecule has 2 amide bonds. The number of ether oxygens (including phenoxy) is 1. The van der Waals surface area contributed by atoms with E-state index in [-0.39, 0.29) is 24.8 Å². The minimum absolute atomic E-state index is 0.00862. The van der Waals surface area contributed by atoms with E-state index in [9.17, 15) is 9.59 Å². The molecule has 1 heterocycles. The highest BCUT2D eigenvalue weighted by molar-refractivity contribution is 5.85. The lowest BCUT2D eigenvalue weighted by molar-refractivity contribution is -0.125. The van der Waals surface area contributed by atoms with E-state index < -0.39 is 0 Å².